The highest BCUT2D eigenvalue weighted by molar-refractivity contribution is 8.78. The number of nitro groups is 1. The Hall–Kier alpha value is -3.24. The van der Waals surface area contributed by atoms with E-state index in [0.717, 1.165) is 4.90 Å². The first-order valence-electron chi connectivity index (χ1n) is 11.0. The van der Waals surface area contributed by atoms with E-state index in [4.69, 9.17) is 9.47 Å². The first-order chi connectivity index (χ1) is 16.8. The van der Waals surface area contributed by atoms with Crippen molar-refractivity contribution >= 4 is 39.2 Å². The van der Waals surface area contributed by atoms with Crippen LogP contribution in [0.4, 0.5) is 5.69 Å². The molecule has 0 saturated carbocycles. The summed E-state index contributed by atoms with van der Waals surface area (Å²) in [6.45, 7) is 5.45. The predicted molar refractivity (Wildman–Crippen MR) is 136 cm³/mol. The Labute approximate surface area is 211 Å². The zero-order chi connectivity index (χ0) is 25.5. The number of carbonyl (C=O) groups is 2. The van der Waals surface area contributed by atoms with Gasteiger partial charge in [0, 0.05) is 29.8 Å². The second-order valence-corrected chi connectivity index (χ2v) is 9.67. The van der Waals surface area contributed by atoms with Gasteiger partial charge in [-0.1, -0.05) is 41.1 Å². The van der Waals surface area contributed by atoms with E-state index >= 15 is 0 Å². The molecule has 0 N–H and O–H groups in total. The van der Waals surface area contributed by atoms with E-state index in [0.29, 0.717) is 16.3 Å². The van der Waals surface area contributed by atoms with Crippen LogP contribution in [0.1, 0.15) is 32.3 Å². The number of rotatable bonds is 9. The maximum absolute atomic E-state index is 13.4. The molecule has 10 heteroatoms. The minimum atomic E-state index is -0.900. The lowest BCUT2D eigenvalue weighted by Crippen LogP contribution is -2.33. The van der Waals surface area contributed by atoms with Crippen LogP contribution in [-0.2, 0) is 19.1 Å². The van der Waals surface area contributed by atoms with Gasteiger partial charge >= 0.3 is 11.9 Å². The van der Waals surface area contributed by atoms with Crippen LogP contribution in [0.25, 0.3) is 0 Å². The molecule has 3 rings (SSSR count). The number of carbonyl (C=O) groups excluding carboxylic acids is 2. The molecular weight excluding hydrogens is 488 g/mol. The van der Waals surface area contributed by atoms with Gasteiger partial charge in [0.2, 0.25) is 0 Å². The number of hydrogen-bond acceptors (Lipinski definition) is 9. The molecule has 0 aliphatic carbocycles. The highest BCUT2D eigenvalue weighted by Gasteiger charge is 2.41. The molecule has 0 radical (unpaired) electrons. The van der Waals surface area contributed by atoms with Gasteiger partial charge in [0.15, 0.2) is 0 Å². The molecule has 0 aromatic heterocycles. The van der Waals surface area contributed by atoms with Gasteiger partial charge < -0.3 is 14.4 Å². The number of allylic oxidation sites excluding steroid dienone is 1. The Morgan fingerprint density at radius 3 is 2.20 bits per heavy atom. The van der Waals surface area contributed by atoms with Crippen LogP contribution in [0.2, 0.25) is 0 Å². The van der Waals surface area contributed by atoms with Gasteiger partial charge in [-0.25, -0.2) is 9.59 Å². The van der Waals surface area contributed by atoms with Gasteiger partial charge in [0.05, 0.1) is 40.2 Å². The third-order valence-electron chi connectivity index (χ3n) is 5.37. The maximum Gasteiger partial charge on any atom is 0.337 e. The summed E-state index contributed by atoms with van der Waals surface area (Å²) in [4.78, 5) is 40.2. The van der Waals surface area contributed by atoms with Crippen LogP contribution in [0.5, 0.6) is 0 Å². The molecule has 1 aliphatic rings. The quantitative estimate of drug-likeness (QED) is 0.181. The van der Waals surface area contributed by atoms with Crippen molar-refractivity contribution in [1.29, 1.82) is 0 Å². The molecule has 2 aromatic carbocycles. The van der Waals surface area contributed by atoms with Crippen LogP contribution in [0.15, 0.2) is 81.4 Å². The van der Waals surface area contributed by atoms with Gasteiger partial charge in [-0.05, 0) is 49.3 Å². The number of nitrogens with zero attached hydrogens (tertiary/aromatic N) is 2. The summed E-state index contributed by atoms with van der Waals surface area (Å²) in [7, 11) is 4.59. The number of hydrogen-bond donors (Lipinski definition) is 0. The molecule has 0 amide bonds. The van der Waals surface area contributed by atoms with Crippen molar-refractivity contribution in [3.8, 4) is 0 Å². The summed E-state index contributed by atoms with van der Waals surface area (Å²) in [6, 6.07) is 15.6. The largest absolute Gasteiger partial charge is 0.463 e. The van der Waals surface area contributed by atoms with Crippen molar-refractivity contribution in [3.63, 3.8) is 0 Å². The van der Waals surface area contributed by atoms with Crippen molar-refractivity contribution in [1.82, 2.24) is 4.90 Å². The van der Waals surface area contributed by atoms with E-state index < -0.39 is 22.8 Å². The van der Waals surface area contributed by atoms with Crippen molar-refractivity contribution in [3.05, 3.63) is 92.1 Å². The fourth-order valence-electron chi connectivity index (χ4n) is 3.69. The summed E-state index contributed by atoms with van der Waals surface area (Å²) < 4.78 is 10.7. The smallest absolute Gasteiger partial charge is 0.337 e. The molecular formula is C25H26N2O6S2. The molecule has 184 valence electrons. The first kappa shape index (κ1) is 26.4. The van der Waals surface area contributed by atoms with Crippen LogP contribution >= 0.6 is 21.6 Å². The summed E-state index contributed by atoms with van der Waals surface area (Å²) in [6.07, 6.45) is 0. The molecule has 0 saturated heterocycles. The number of non-ortho nitro benzene ring substituents is 1. The van der Waals surface area contributed by atoms with Gasteiger partial charge in [0.25, 0.3) is 5.69 Å². The van der Waals surface area contributed by atoms with Crippen LogP contribution < -0.4 is 0 Å². The van der Waals surface area contributed by atoms with Crippen LogP contribution in [-0.4, -0.2) is 42.0 Å². The predicted octanol–water partition coefficient (Wildman–Crippen LogP) is 5.68. The minimum absolute atomic E-state index is 0.134. The monoisotopic (exact) mass is 514 g/mol. The lowest BCUT2D eigenvalue weighted by molar-refractivity contribution is -0.384. The Kier molecular flexibility index (Phi) is 9.00. The SMILES string of the molecule is CCOC(=O)C1=C(C)N(C)C(SSc2ccccc2)=C(C(=O)OCC)C1c1cccc([N+](=O)[O-])c1. The zero-order valence-electron chi connectivity index (χ0n) is 19.8. The molecule has 1 aliphatic heterocycles. The normalized spacial score (nSPS) is 15.8. The summed E-state index contributed by atoms with van der Waals surface area (Å²) >= 11 is 0. The molecule has 0 bridgehead atoms. The van der Waals surface area contributed by atoms with E-state index in [-0.39, 0.29) is 30.0 Å². The molecule has 1 unspecified atom stereocenters. The van der Waals surface area contributed by atoms with E-state index in [1.165, 1.54) is 39.8 Å². The molecule has 35 heavy (non-hydrogen) atoms. The van der Waals surface area contributed by atoms with Gasteiger partial charge in [0.1, 0.15) is 0 Å². The van der Waals surface area contributed by atoms with Gasteiger partial charge in [-0.2, -0.15) is 0 Å². The summed E-state index contributed by atoms with van der Waals surface area (Å²) in [5.41, 5.74) is 1.35. The van der Waals surface area contributed by atoms with Crippen molar-refractivity contribution in [2.45, 2.75) is 31.6 Å². The lowest BCUT2D eigenvalue weighted by Gasteiger charge is -2.36. The zero-order valence-corrected chi connectivity index (χ0v) is 21.5. The molecule has 1 atom stereocenters. The molecule has 2 aromatic rings. The molecule has 8 nitrogen and oxygen atoms in total. The maximum atomic E-state index is 13.4. The molecule has 1 heterocycles. The van der Waals surface area contributed by atoms with Gasteiger partial charge in [-0.3, -0.25) is 10.1 Å². The Bertz CT molecular complexity index is 1180. The lowest BCUT2D eigenvalue weighted by atomic mass is 9.81. The topological polar surface area (TPSA) is 99.0 Å². The highest BCUT2D eigenvalue weighted by Crippen LogP contribution is 2.49. The Morgan fingerprint density at radius 2 is 1.60 bits per heavy atom. The number of nitro benzene ring substituents is 1. The van der Waals surface area contributed by atoms with Crippen molar-refractivity contribution in [2.75, 3.05) is 20.3 Å². The van der Waals surface area contributed by atoms with E-state index in [1.54, 1.807) is 38.8 Å². The van der Waals surface area contributed by atoms with E-state index in [9.17, 15) is 19.7 Å². The first-order valence-corrected chi connectivity index (χ1v) is 13.1. The Balaban J connectivity index is 2.23. The summed E-state index contributed by atoms with van der Waals surface area (Å²) in [5.74, 6) is -2.08. The van der Waals surface area contributed by atoms with Gasteiger partial charge in [-0.15, -0.1) is 0 Å². The Morgan fingerprint density at radius 1 is 0.971 bits per heavy atom. The fraction of sp³-hybridized carbons (Fsp3) is 0.280. The average Bonchev–Trinajstić information content (AvgIpc) is 2.85. The second-order valence-electron chi connectivity index (χ2n) is 7.48. The van der Waals surface area contributed by atoms with E-state index in [1.807, 2.05) is 30.3 Å². The average molecular weight is 515 g/mol. The minimum Gasteiger partial charge on any atom is -0.463 e. The fourth-order valence-corrected chi connectivity index (χ4v) is 6.14. The van der Waals surface area contributed by atoms with Crippen LogP contribution in [0.3, 0.4) is 0 Å². The summed E-state index contributed by atoms with van der Waals surface area (Å²) in [5, 5.41) is 12.1. The number of benzene rings is 2. The third kappa shape index (κ3) is 5.88. The number of ether oxygens (including phenoxy) is 2. The van der Waals surface area contributed by atoms with Crippen molar-refractivity contribution < 1.29 is 24.0 Å². The highest BCUT2D eigenvalue weighted by atomic mass is 33.1. The third-order valence-corrected chi connectivity index (χ3v) is 7.87. The van der Waals surface area contributed by atoms with E-state index in [2.05, 4.69) is 0 Å². The standard InChI is InChI=1S/C25H26N2O6S2/c1-5-32-24(28)20-16(3)26(4)23(35-34-19-13-8-7-9-14-19)22(25(29)33-6-2)21(20)17-11-10-12-18(15-17)27(30)31/h7-15,21H,5-6H2,1-4H3. The molecule has 0 fully saturated rings. The number of esters is 2. The van der Waals surface area contributed by atoms with Crippen molar-refractivity contribution in [2.24, 2.45) is 0 Å². The van der Waals surface area contributed by atoms with Crippen LogP contribution in [0, 0.1) is 10.1 Å². The molecule has 0 spiro atoms. The second kappa shape index (κ2) is 11.9.